The third kappa shape index (κ3) is 16.4. The lowest BCUT2D eigenvalue weighted by atomic mass is 10.2. The van der Waals surface area contributed by atoms with Crippen LogP contribution in [0, 0.1) is 6.92 Å². The van der Waals surface area contributed by atoms with Gasteiger partial charge in [0.25, 0.3) is 0 Å². The number of hydrogen-bond donors (Lipinski definition) is 0. The Morgan fingerprint density at radius 2 is 1.68 bits per heavy atom. The van der Waals surface area contributed by atoms with Crippen molar-refractivity contribution in [2.75, 3.05) is 0 Å². The molecule has 0 aliphatic rings. The summed E-state index contributed by atoms with van der Waals surface area (Å²) in [6, 6.07) is 10.3. The minimum absolute atomic E-state index is 1.11. The summed E-state index contributed by atoms with van der Waals surface area (Å²) in [7, 11) is 0. The van der Waals surface area contributed by atoms with Crippen LogP contribution in [0.3, 0.4) is 0 Å². The van der Waals surface area contributed by atoms with Gasteiger partial charge in [-0.2, -0.15) is 0 Å². The maximum atomic E-state index is 2.15. The summed E-state index contributed by atoms with van der Waals surface area (Å²) in [6.07, 6.45) is 11.6. The van der Waals surface area contributed by atoms with Crippen molar-refractivity contribution in [2.24, 2.45) is 0 Å². The van der Waals surface area contributed by atoms with Gasteiger partial charge in [0.1, 0.15) is 0 Å². The molecule has 0 amide bonds. The third-order valence-corrected chi connectivity index (χ3v) is 2.10. The fourth-order valence-corrected chi connectivity index (χ4v) is 1.21. The zero-order valence-corrected chi connectivity index (χ0v) is 13.5. The maximum absolute atomic E-state index is 2.15. The highest BCUT2D eigenvalue weighted by Gasteiger charge is 1.74. The Bertz CT molecular complexity index is 353. The van der Waals surface area contributed by atoms with Crippen molar-refractivity contribution in [1.82, 2.24) is 0 Å². The van der Waals surface area contributed by atoms with E-state index in [1.807, 2.05) is 45.0 Å². The van der Waals surface area contributed by atoms with Crippen LogP contribution >= 0.6 is 0 Å². The third-order valence-electron chi connectivity index (χ3n) is 2.10. The molecule has 0 bridgehead atoms. The number of benzene rings is 1. The summed E-state index contributed by atoms with van der Waals surface area (Å²) in [4.78, 5) is 0. The Morgan fingerprint density at radius 3 is 2.05 bits per heavy atom. The minimum atomic E-state index is 1.11. The quantitative estimate of drug-likeness (QED) is 0.543. The van der Waals surface area contributed by atoms with E-state index < -0.39 is 0 Å². The Kier molecular flexibility index (Phi) is 17.1. The molecule has 0 fully saturated rings. The molecule has 1 aromatic rings. The molecular formula is C19H30. The standard InChI is InChI=1S/C10H16.C7H8.C2H6/c1-4-6-7-9-10(3)8-5-2;1-7-5-3-2-4-6-7;1-2/h5-9H,4H2,1-3H3;2-6H,1H3;1-2H3/b7-6+,8-5-,10-9-;;. The van der Waals surface area contributed by atoms with E-state index in [9.17, 15) is 0 Å². The van der Waals surface area contributed by atoms with Crippen LogP contribution in [0.4, 0.5) is 0 Å². The maximum Gasteiger partial charge on any atom is -0.0376 e. The second-order valence-corrected chi connectivity index (χ2v) is 3.90. The van der Waals surface area contributed by atoms with E-state index in [-0.39, 0.29) is 0 Å². The van der Waals surface area contributed by atoms with Crippen molar-refractivity contribution >= 4 is 0 Å². The van der Waals surface area contributed by atoms with Gasteiger partial charge in [-0.15, -0.1) is 0 Å². The summed E-state index contributed by atoms with van der Waals surface area (Å²) in [6.45, 7) is 12.3. The van der Waals surface area contributed by atoms with Gasteiger partial charge in [-0.3, -0.25) is 0 Å². The lowest BCUT2D eigenvalue weighted by molar-refractivity contribution is 1.22. The molecule has 0 atom stereocenters. The Labute approximate surface area is 120 Å². The average Bonchev–Trinajstić information content (AvgIpc) is 2.43. The fraction of sp³-hybridized carbons (Fsp3) is 0.368. The first-order valence-electron chi connectivity index (χ1n) is 7.18. The molecule has 0 unspecified atom stereocenters. The first-order valence-corrected chi connectivity index (χ1v) is 7.18. The van der Waals surface area contributed by atoms with Crippen molar-refractivity contribution in [3.05, 3.63) is 71.8 Å². The Hall–Kier alpha value is -1.56. The molecule has 0 aliphatic carbocycles. The van der Waals surface area contributed by atoms with Crippen LogP contribution in [-0.4, -0.2) is 0 Å². The molecule has 106 valence electrons. The van der Waals surface area contributed by atoms with Crippen LogP contribution in [-0.2, 0) is 0 Å². The van der Waals surface area contributed by atoms with Gasteiger partial charge in [0, 0.05) is 0 Å². The molecule has 0 nitrogen and oxygen atoms in total. The molecular weight excluding hydrogens is 228 g/mol. The molecule has 0 N–H and O–H groups in total. The molecule has 0 heteroatoms. The highest BCUT2D eigenvalue weighted by atomic mass is 13.8. The smallest absolute Gasteiger partial charge is 0.0376 e. The number of hydrogen-bond acceptors (Lipinski definition) is 0. The van der Waals surface area contributed by atoms with Crippen LogP contribution in [0.5, 0.6) is 0 Å². The SMILES string of the molecule is CC.C\C=C/C(C)=C\C=C\CC.Cc1ccccc1. The second kappa shape index (κ2) is 16.4. The van der Waals surface area contributed by atoms with Gasteiger partial charge in [0.05, 0.1) is 0 Å². The summed E-state index contributed by atoms with van der Waals surface area (Å²) >= 11 is 0. The van der Waals surface area contributed by atoms with Crippen molar-refractivity contribution in [2.45, 2.75) is 48.0 Å². The predicted octanol–water partition coefficient (Wildman–Crippen LogP) is 6.50. The molecule has 0 aliphatic heterocycles. The molecule has 0 saturated carbocycles. The van der Waals surface area contributed by atoms with Crippen molar-refractivity contribution in [3.8, 4) is 0 Å². The molecule has 0 saturated heterocycles. The lowest BCUT2D eigenvalue weighted by Crippen LogP contribution is -1.63. The average molecular weight is 258 g/mol. The number of aryl methyl sites for hydroxylation is 1. The van der Waals surface area contributed by atoms with Crippen molar-refractivity contribution in [3.63, 3.8) is 0 Å². The Balaban J connectivity index is 0. The summed E-state index contributed by atoms with van der Waals surface area (Å²) in [5, 5.41) is 0. The van der Waals surface area contributed by atoms with Crippen LogP contribution in [0.1, 0.15) is 46.6 Å². The molecule has 0 radical (unpaired) electrons. The van der Waals surface area contributed by atoms with E-state index in [0.717, 1.165) is 6.42 Å². The number of allylic oxidation sites excluding steroid dienone is 6. The predicted molar refractivity (Wildman–Crippen MR) is 90.5 cm³/mol. The summed E-state index contributed by atoms with van der Waals surface area (Å²) in [5.74, 6) is 0. The van der Waals surface area contributed by atoms with Gasteiger partial charge in [0.15, 0.2) is 0 Å². The lowest BCUT2D eigenvalue weighted by Gasteiger charge is -1.84. The van der Waals surface area contributed by atoms with Crippen LogP contribution in [0.15, 0.2) is 66.3 Å². The van der Waals surface area contributed by atoms with Gasteiger partial charge in [0.2, 0.25) is 0 Å². The highest BCUT2D eigenvalue weighted by Crippen LogP contribution is 1.95. The van der Waals surface area contributed by atoms with E-state index in [4.69, 9.17) is 0 Å². The summed E-state index contributed by atoms with van der Waals surface area (Å²) < 4.78 is 0. The van der Waals surface area contributed by atoms with Gasteiger partial charge in [-0.05, 0) is 27.2 Å². The van der Waals surface area contributed by atoms with Crippen LogP contribution < -0.4 is 0 Å². The molecule has 1 aromatic carbocycles. The Morgan fingerprint density at radius 1 is 1.11 bits per heavy atom. The minimum Gasteiger partial charge on any atom is -0.0874 e. The van der Waals surface area contributed by atoms with Gasteiger partial charge < -0.3 is 0 Å². The zero-order valence-electron chi connectivity index (χ0n) is 13.5. The van der Waals surface area contributed by atoms with Gasteiger partial charge in [-0.1, -0.05) is 92.6 Å². The van der Waals surface area contributed by atoms with E-state index in [1.54, 1.807) is 0 Å². The van der Waals surface area contributed by atoms with E-state index in [2.05, 4.69) is 57.2 Å². The van der Waals surface area contributed by atoms with Gasteiger partial charge in [-0.25, -0.2) is 0 Å². The normalized spacial score (nSPS) is 10.7. The molecule has 0 spiro atoms. The first kappa shape index (κ1) is 19.8. The van der Waals surface area contributed by atoms with Crippen molar-refractivity contribution < 1.29 is 0 Å². The van der Waals surface area contributed by atoms with E-state index >= 15 is 0 Å². The van der Waals surface area contributed by atoms with Crippen molar-refractivity contribution in [1.29, 1.82) is 0 Å². The fourth-order valence-electron chi connectivity index (χ4n) is 1.21. The molecule has 0 aromatic heterocycles. The van der Waals surface area contributed by atoms with Crippen LogP contribution in [0.25, 0.3) is 0 Å². The zero-order chi connectivity index (χ0) is 14.9. The largest absolute Gasteiger partial charge is 0.0874 e. The van der Waals surface area contributed by atoms with E-state index in [1.165, 1.54) is 11.1 Å². The first-order chi connectivity index (χ1) is 9.20. The molecule has 19 heavy (non-hydrogen) atoms. The molecule has 1 rings (SSSR count). The van der Waals surface area contributed by atoms with Gasteiger partial charge >= 0.3 is 0 Å². The monoisotopic (exact) mass is 258 g/mol. The summed E-state index contributed by atoms with van der Waals surface area (Å²) in [5.41, 5.74) is 2.62. The number of rotatable bonds is 3. The highest BCUT2D eigenvalue weighted by molar-refractivity contribution is 5.20. The second-order valence-electron chi connectivity index (χ2n) is 3.90. The van der Waals surface area contributed by atoms with Crippen LogP contribution in [0.2, 0.25) is 0 Å². The molecule has 0 heterocycles. The topological polar surface area (TPSA) is 0 Å². The van der Waals surface area contributed by atoms with E-state index in [0.29, 0.717) is 0 Å².